The molecule has 3 rings (SSSR count). The van der Waals surface area contributed by atoms with E-state index in [4.69, 9.17) is 24.4 Å². The van der Waals surface area contributed by atoms with E-state index in [2.05, 4.69) is 25.3 Å². The predicted molar refractivity (Wildman–Crippen MR) is 104 cm³/mol. The molecule has 0 atom stereocenters. The summed E-state index contributed by atoms with van der Waals surface area (Å²) in [7, 11) is 0. The molecular weight excluding hydrogens is 320 g/mol. The van der Waals surface area contributed by atoms with E-state index in [9.17, 15) is 0 Å². The van der Waals surface area contributed by atoms with Gasteiger partial charge in [0.25, 0.3) is 0 Å². The fourth-order valence-corrected chi connectivity index (χ4v) is 4.31. The van der Waals surface area contributed by atoms with E-state index in [1.165, 1.54) is 9.79 Å². The van der Waals surface area contributed by atoms with Gasteiger partial charge >= 0.3 is 0 Å². The van der Waals surface area contributed by atoms with Crippen LogP contribution in [0.2, 0.25) is 0 Å². The maximum Gasteiger partial charge on any atom is 0.0826 e. The molecule has 0 saturated carbocycles. The van der Waals surface area contributed by atoms with Gasteiger partial charge in [-0.15, -0.1) is 0 Å². The zero-order valence-corrected chi connectivity index (χ0v) is 15.5. The van der Waals surface area contributed by atoms with Crippen LogP contribution in [0.15, 0.2) is 35.1 Å². The molecule has 0 saturated heterocycles. The smallest absolute Gasteiger partial charge is 0.0826 e. The number of hydrogen-bond donors (Lipinski definition) is 0. The minimum atomic E-state index is 0.872. The van der Waals surface area contributed by atoms with Gasteiger partial charge in [0.2, 0.25) is 0 Å². The van der Waals surface area contributed by atoms with E-state index in [0.29, 0.717) is 0 Å². The van der Waals surface area contributed by atoms with E-state index in [-0.39, 0.29) is 0 Å². The molecule has 0 spiro atoms. The number of fused-ring (bicyclic) bond motifs is 2. The van der Waals surface area contributed by atoms with Crippen molar-refractivity contribution in [1.29, 1.82) is 0 Å². The highest BCUT2D eigenvalue weighted by atomic mass is 32.2. The fourth-order valence-electron chi connectivity index (χ4n) is 1.74. The second-order valence-electron chi connectivity index (χ2n) is 3.58. The molecule has 0 amide bonds. The topological polar surface area (TPSA) is 0 Å². The SMILES string of the molecule is C=C1C(=S)Sc2cc3c(cc21)SC(=S)C3=C.CC.CC. The van der Waals surface area contributed by atoms with Gasteiger partial charge in [-0.25, -0.2) is 0 Å². The van der Waals surface area contributed by atoms with Crippen molar-refractivity contribution in [2.24, 2.45) is 0 Å². The van der Waals surface area contributed by atoms with Crippen LogP contribution < -0.4 is 0 Å². The minimum absolute atomic E-state index is 0.872. The Morgan fingerprint density at radius 3 is 1.35 bits per heavy atom. The third-order valence-electron chi connectivity index (χ3n) is 2.63. The van der Waals surface area contributed by atoms with Crippen LogP contribution in [-0.2, 0) is 0 Å². The first-order valence-electron chi connectivity index (χ1n) is 6.59. The van der Waals surface area contributed by atoms with Gasteiger partial charge in [-0.05, 0) is 23.3 Å². The molecule has 0 aromatic heterocycles. The summed E-state index contributed by atoms with van der Waals surface area (Å²) in [6, 6.07) is 4.27. The Morgan fingerprint density at radius 1 is 0.750 bits per heavy atom. The van der Waals surface area contributed by atoms with E-state index in [1.54, 1.807) is 23.5 Å². The van der Waals surface area contributed by atoms with Crippen molar-refractivity contribution in [3.63, 3.8) is 0 Å². The molecule has 106 valence electrons. The lowest BCUT2D eigenvalue weighted by atomic mass is 10.0. The maximum absolute atomic E-state index is 5.25. The van der Waals surface area contributed by atoms with Gasteiger partial charge in [0.05, 0.1) is 8.39 Å². The molecular formula is C16H18S4. The Morgan fingerprint density at radius 2 is 1.05 bits per heavy atom. The van der Waals surface area contributed by atoms with Crippen molar-refractivity contribution in [2.75, 3.05) is 0 Å². The normalized spacial score (nSPS) is 15.0. The molecule has 0 unspecified atom stereocenters. The summed E-state index contributed by atoms with van der Waals surface area (Å²) in [6.07, 6.45) is 0. The molecule has 20 heavy (non-hydrogen) atoms. The van der Waals surface area contributed by atoms with Crippen LogP contribution in [0.4, 0.5) is 0 Å². The van der Waals surface area contributed by atoms with Crippen LogP contribution in [0, 0.1) is 0 Å². The fraction of sp³-hybridized carbons (Fsp3) is 0.250. The highest BCUT2D eigenvalue weighted by Crippen LogP contribution is 2.48. The Kier molecular flexibility index (Phi) is 6.65. The van der Waals surface area contributed by atoms with Crippen LogP contribution in [0.1, 0.15) is 38.8 Å². The van der Waals surface area contributed by atoms with Gasteiger partial charge in [-0.1, -0.05) is 88.8 Å². The minimum Gasteiger partial charge on any atom is -0.0891 e. The van der Waals surface area contributed by atoms with Gasteiger partial charge in [0.1, 0.15) is 0 Å². The van der Waals surface area contributed by atoms with Crippen molar-refractivity contribution in [3.05, 3.63) is 36.4 Å². The molecule has 0 nitrogen and oxygen atoms in total. The van der Waals surface area contributed by atoms with Gasteiger partial charge in [-0.2, -0.15) is 0 Å². The van der Waals surface area contributed by atoms with E-state index in [1.807, 2.05) is 27.7 Å². The molecule has 0 bridgehead atoms. The number of benzene rings is 1. The molecule has 0 aliphatic carbocycles. The summed E-state index contributed by atoms with van der Waals surface area (Å²) in [4.78, 5) is 2.36. The predicted octanol–water partition coefficient (Wildman–Crippen LogP) is 6.63. The van der Waals surface area contributed by atoms with Gasteiger partial charge in [0.15, 0.2) is 0 Å². The standard InChI is InChI=1S/C12H6S4.2C2H6/c1-5-7-3-10-8(6(2)12(14)16-10)4-9(7)15-11(5)13;2*1-2/h3-4H,1-2H2;2*1-2H3. The van der Waals surface area contributed by atoms with Crippen LogP contribution in [0.25, 0.3) is 11.1 Å². The second kappa shape index (κ2) is 7.55. The lowest BCUT2D eigenvalue weighted by molar-refractivity contribution is 1.31. The highest BCUT2D eigenvalue weighted by Gasteiger charge is 2.27. The Bertz CT molecular complexity index is 543. The first-order chi connectivity index (χ1) is 9.58. The summed E-state index contributed by atoms with van der Waals surface area (Å²) in [5.41, 5.74) is 4.22. The molecule has 4 heteroatoms. The molecule has 2 heterocycles. The summed E-state index contributed by atoms with van der Waals surface area (Å²) in [6.45, 7) is 16.0. The van der Waals surface area contributed by atoms with Crippen LogP contribution in [0.5, 0.6) is 0 Å². The number of thiocarbonyl (C=S) groups is 2. The molecule has 2 aliphatic heterocycles. The van der Waals surface area contributed by atoms with E-state index >= 15 is 0 Å². The quantitative estimate of drug-likeness (QED) is 0.384. The first-order valence-corrected chi connectivity index (χ1v) is 9.04. The highest BCUT2D eigenvalue weighted by molar-refractivity contribution is 8.25. The molecule has 1 aromatic rings. The Balaban J connectivity index is 0.000000461. The lowest BCUT2D eigenvalue weighted by Gasteiger charge is -2.02. The monoisotopic (exact) mass is 338 g/mol. The zero-order chi connectivity index (χ0) is 15.4. The summed E-state index contributed by atoms with van der Waals surface area (Å²) in [5, 5.41) is 0. The summed E-state index contributed by atoms with van der Waals surface area (Å²) < 4.78 is 1.74. The third-order valence-corrected chi connectivity index (χ3v) is 5.60. The molecule has 0 N–H and O–H groups in total. The average Bonchev–Trinajstić information content (AvgIpc) is 2.91. The van der Waals surface area contributed by atoms with Gasteiger partial charge in [0, 0.05) is 20.9 Å². The molecule has 0 fully saturated rings. The number of rotatable bonds is 0. The van der Waals surface area contributed by atoms with Crippen molar-refractivity contribution in [2.45, 2.75) is 37.5 Å². The van der Waals surface area contributed by atoms with Crippen molar-refractivity contribution >= 4 is 67.5 Å². The number of thioether (sulfide) groups is 2. The summed E-state index contributed by atoms with van der Waals surface area (Å²) in [5.74, 6) is 0. The average molecular weight is 339 g/mol. The third kappa shape index (κ3) is 3.08. The molecule has 2 aliphatic rings. The number of hydrogen-bond acceptors (Lipinski definition) is 4. The van der Waals surface area contributed by atoms with Crippen LogP contribution >= 0.6 is 48.0 Å². The lowest BCUT2D eigenvalue weighted by Crippen LogP contribution is -1.85. The first kappa shape index (κ1) is 17.6. The van der Waals surface area contributed by atoms with Gasteiger partial charge < -0.3 is 0 Å². The van der Waals surface area contributed by atoms with Crippen LogP contribution in [0.3, 0.4) is 0 Å². The van der Waals surface area contributed by atoms with E-state index < -0.39 is 0 Å². The van der Waals surface area contributed by atoms with Crippen molar-refractivity contribution < 1.29 is 0 Å². The van der Waals surface area contributed by atoms with Gasteiger partial charge in [-0.3, -0.25) is 0 Å². The largest absolute Gasteiger partial charge is 0.0891 e. The Labute approximate surface area is 141 Å². The van der Waals surface area contributed by atoms with Crippen LogP contribution in [-0.4, -0.2) is 8.39 Å². The van der Waals surface area contributed by atoms with Crippen molar-refractivity contribution in [3.8, 4) is 0 Å². The zero-order valence-electron chi connectivity index (χ0n) is 12.2. The maximum atomic E-state index is 5.25. The van der Waals surface area contributed by atoms with E-state index in [0.717, 1.165) is 30.7 Å². The van der Waals surface area contributed by atoms with Crippen molar-refractivity contribution in [1.82, 2.24) is 0 Å². The Hall–Kier alpha value is -0.420. The summed E-state index contributed by atoms with van der Waals surface area (Å²) >= 11 is 13.7. The molecule has 0 radical (unpaired) electrons. The molecule has 1 aromatic carbocycles. The second-order valence-corrected chi connectivity index (χ2v) is 7.02.